The minimum Gasteiger partial charge on any atom is -0.306 e. The lowest BCUT2D eigenvalue weighted by atomic mass is 10.0. The largest absolute Gasteiger partial charge is 0.306 e. The van der Waals surface area contributed by atoms with Crippen LogP contribution < -0.4 is 0 Å². The van der Waals surface area contributed by atoms with Crippen LogP contribution in [-0.2, 0) is 0 Å². The first-order chi connectivity index (χ1) is 8.33. The van der Waals surface area contributed by atoms with E-state index >= 15 is 0 Å². The van der Waals surface area contributed by atoms with Crippen molar-refractivity contribution < 1.29 is 0 Å². The molecule has 0 bridgehead atoms. The molecule has 110 valence electrons. The zero-order valence-electron chi connectivity index (χ0n) is 13.8. The van der Waals surface area contributed by atoms with Gasteiger partial charge >= 0.3 is 0 Å². The molecule has 0 fully saturated rings. The zero-order valence-corrected chi connectivity index (χ0v) is 14.6. The third-order valence-electron chi connectivity index (χ3n) is 3.61. The van der Waals surface area contributed by atoms with Crippen molar-refractivity contribution in [2.24, 2.45) is 5.92 Å². The number of nitrogens with zero attached hydrogens (tertiary/aromatic N) is 1. The van der Waals surface area contributed by atoms with Gasteiger partial charge in [-0.05, 0) is 38.8 Å². The topological polar surface area (TPSA) is 3.24 Å². The summed E-state index contributed by atoms with van der Waals surface area (Å²) in [5.74, 6) is 0.777. The summed E-state index contributed by atoms with van der Waals surface area (Å²) in [4.78, 5) is 2.48. The van der Waals surface area contributed by atoms with Crippen LogP contribution in [0.4, 0.5) is 0 Å². The highest BCUT2D eigenvalue weighted by Gasteiger charge is 2.24. The molecular weight excluding hydrogens is 238 g/mol. The van der Waals surface area contributed by atoms with E-state index in [9.17, 15) is 0 Å². The molecule has 2 atom stereocenters. The monoisotopic (exact) mass is 273 g/mol. The van der Waals surface area contributed by atoms with Gasteiger partial charge in [0.15, 0.2) is 0 Å². The first-order valence-electron chi connectivity index (χ1n) is 7.69. The van der Waals surface area contributed by atoms with E-state index in [1.165, 1.54) is 38.8 Å². The lowest BCUT2D eigenvalue weighted by molar-refractivity contribution is 0.292. The molecule has 0 aliphatic heterocycles. The molecule has 0 heterocycles. The fraction of sp³-hybridized carbons (Fsp3) is 1.00. The molecule has 2 heteroatoms. The van der Waals surface area contributed by atoms with Gasteiger partial charge in [-0.3, -0.25) is 0 Å². The van der Waals surface area contributed by atoms with Crippen LogP contribution in [0.5, 0.6) is 0 Å². The van der Waals surface area contributed by atoms with Crippen LogP contribution in [0.15, 0.2) is 0 Å². The van der Waals surface area contributed by atoms with Gasteiger partial charge in [0.1, 0.15) is 0 Å². The van der Waals surface area contributed by atoms with E-state index in [2.05, 4.69) is 65.3 Å². The molecule has 0 saturated heterocycles. The van der Waals surface area contributed by atoms with Gasteiger partial charge < -0.3 is 4.90 Å². The molecular formula is C16H35NS. The number of thioether (sulfide) groups is 1. The van der Waals surface area contributed by atoms with E-state index in [-0.39, 0.29) is 0 Å². The average molecular weight is 274 g/mol. The van der Waals surface area contributed by atoms with Crippen LogP contribution in [0, 0.1) is 5.92 Å². The Bertz CT molecular complexity index is 205. The molecule has 0 spiro atoms. The molecule has 0 aliphatic carbocycles. The molecule has 1 unspecified atom stereocenters. The Morgan fingerprint density at radius 1 is 1.17 bits per heavy atom. The lowest BCUT2D eigenvalue weighted by Gasteiger charge is -2.31. The third kappa shape index (κ3) is 8.42. The normalized spacial score (nSPS) is 17.2. The van der Waals surface area contributed by atoms with Crippen molar-refractivity contribution in [2.75, 3.05) is 20.1 Å². The summed E-state index contributed by atoms with van der Waals surface area (Å²) in [6, 6.07) is 0. The minimum atomic E-state index is 0.491. The van der Waals surface area contributed by atoms with E-state index in [0.29, 0.717) is 4.75 Å². The predicted molar refractivity (Wildman–Crippen MR) is 87.6 cm³/mol. The van der Waals surface area contributed by atoms with E-state index < -0.39 is 0 Å². The van der Waals surface area contributed by atoms with Crippen LogP contribution in [0.3, 0.4) is 0 Å². The van der Waals surface area contributed by atoms with Crippen molar-refractivity contribution >= 4 is 11.8 Å². The third-order valence-corrected chi connectivity index (χ3v) is 5.31. The molecule has 0 aromatic heterocycles. The standard InChI is InChI=1S/C16H35NS/c1-8-11-16(6,9-2)18-15(5)10-12-17(7)13-14(3)4/h14-15H,8-13H2,1-7H3/t15-,16?/m1/s1. The summed E-state index contributed by atoms with van der Waals surface area (Å²) in [5, 5.41) is 0.774. The molecule has 0 rings (SSSR count). The van der Waals surface area contributed by atoms with Gasteiger partial charge in [0.05, 0.1) is 0 Å². The predicted octanol–water partition coefficient (Wildman–Crippen LogP) is 5.05. The Kier molecular flexibility index (Phi) is 9.41. The van der Waals surface area contributed by atoms with Gasteiger partial charge in [0.25, 0.3) is 0 Å². The van der Waals surface area contributed by atoms with Gasteiger partial charge in [0.2, 0.25) is 0 Å². The van der Waals surface area contributed by atoms with Crippen molar-refractivity contribution in [1.82, 2.24) is 4.90 Å². The van der Waals surface area contributed by atoms with Crippen molar-refractivity contribution in [3.05, 3.63) is 0 Å². The Morgan fingerprint density at radius 3 is 2.22 bits per heavy atom. The second-order valence-corrected chi connectivity index (χ2v) is 8.45. The summed E-state index contributed by atoms with van der Waals surface area (Å²) in [6.45, 7) is 16.5. The fourth-order valence-electron chi connectivity index (χ4n) is 2.51. The van der Waals surface area contributed by atoms with Crippen molar-refractivity contribution in [1.29, 1.82) is 0 Å². The summed E-state index contributed by atoms with van der Waals surface area (Å²) in [7, 11) is 2.25. The molecule has 0 aromatic rings. The summed E-state index contributed by atoms with van der Waals surface area (Å²) in [5.41, 5.74) is 0. The highest BCUT2D eigenvalue weighted by molar-refractivity contribution is 8.01. The molecule has 0 amide bonds. The van der Waals surface area contributed by atoms with E-state index in [1.807, 2.05) is 0 Å². The molecule has 0 radical (unpaired) electrons. The number of hydrogen-bond donors (Lipinski definition) is 0. The summed E-state index contributed by atoms with van der Waals surface area (Å²) >= 11 is 2.21. The maximum atomic E-state index is 2.48. The number of hydrogen-bond acceptors (Lipinski definition) is 2. The smallest absolute Gasteiger partial charge is 0.0131 e. The number of rotatable bonds is 10. The maximum Gasteiger partial charge on any atom is 0.0131 e. The Morgan fingerprint density at radius 2 is 1.78 bits per heavy atom. The second-order valence-electron chi connectivity index (χ2n) is 6.43. The molecule has 0 aromatic carbocycles. The quantitative estimate of drug-likeness (QED) is 0.547. The lowest BCUT2D eigenvalue weighted by Crippen LogP contribution is -2.28. The minimum absolute atomic E-state index is 0.491. The van der Waals surface area contributed by atoms with Crippen molar-refractivity contribution in [2.45, 2.75) is 77.2 Å². The Labute approximate surface area is 120 Å². The van der Waals surface area contributed by atoms with Crippen LogP contribution >= 0.6 is 11.8 Å². The molecule has 0 N–H and O–H groups in total. The van der Waals surface area contributed by atoms with E-state index in [0.717, 1.165) is 11.2 Å². The first-order valence-corrected chi connectivity index (χ1v) is 8.57. The second kappa shape index (κ2) is 9.25. The van der Waals surface area contributed by atoms with Crippen molar-refractivity contribution in [3.63, 3.8) is 0 Å². The molecule has 1 nitrogen and oxygen atoms in total. The highest BCUT2D eigenvalue weighted by Crippen LogP contribution is 2.37. The Balaban J connectivity index is 3.98. The summed E-state index contributed by atoms with van der Waals surface area (Å²) in [6.07, 6.45) is 5.25. The molecule has 18 heavy (non-hydrogen) atoms. The van der Waals surface area contributed by atoms with Crippen LogP contribution in [-0.4, -0.2) is 35.0 Å². The van der Waals surface area contributed by atoms with Crippen LogP contribution in [0.25, 0.3) is 0 Å². The SMILES string of the molecule is CCCC(C)(CC)S[C@H](C)CCN(C)CC(C)C. The summed E-state index contributed by atoms with van der Waals surface area (Å²) < 4.78 is 0.491. The molecule has 0 aliphatic rings. The van der Waals surface area contributed by atoms with Crippen LogP contribution in [0.2, 0.25) is 0 Å². The average Bonchev–Trinajstić information content (AvgIpc) is 2.26. The van der Waals surface area contributed by atoms with Gasteiger partial charge in [-0.25, -0.2) is 0 Å². The van der Waals surface area contributed by atoms with Gasteiger partial charge in [-0.1, -0.05) is 48.0 Å². The Hall–Kier alpha value is 0.310. The van der Waals surface area contributed by atoms with Crippen molar-refractivity contribution in [3.8, 4) is 0 Å². The first kappa shape index (κ1) is 18.3. The fourth-order valence-corrected chi connectivity index (χ4v) is 4.19. The van der Waals surface area contributed by atoms with Gasteiger partial charge in [0, 0.05) is 16.5 Å². The van der Waals surface area contributed by atoms with E-state index in [1.54, 1.807) is 0 Å². The van der Waals surface area contributed by atoms with Gasteiger partial charge in [-0.15, -0.1) is 0 Å². The van der Waals surface area contributed by atoms with Crippen LogP contribution in [0.1, 0.15) is 67.2 Å². The van der Waals surface area contributed by atoms with Gasteiger partial charge in [-0.2, -0.15) is 11.8 Å². The highest BCUT2D eigenvalue weighted by atomic mass is 32.2. The maximum absolute atomic E-state index is 2.48. The van der Waals surface area contributed by atoms with E-state index in [4.69, 9.17) is 0 Å². The molecule has 0 saturated carbocycles. The zero-order chi connectivity index (χ0) is 14.2.